The number of nitrogens with zero attached hydrogens (tertiary/aromatic N) is 2. The van der Waals surface area contributed by atoms with Crippen molar-refractivity contribution >= 4 is 80.7 Å². The first-order valence-corrected chi connectivity index (χ1v) is 15.5. The largest absolute Gasteiger partial charge is 0.310 e. The van der Waals surface area contributed by atoms with Gasteiger partial charge in [0.1, 0.15) is 0 Å². The van der Waals surface area contributed by atoms with Crippen LogP contribution in [0.3, 0.4) is 0 Å². The molecule has 192 valence electrons. The lowest BCUT2D eigenvalue weighted by atomic mass is 9.35. The Kier molecular flexibility index (Phi) is 5.19. The lowest BCUT2D eigenvalue weighted by molar-refractivity contribution is 1.13. The Bertz CT molecular complexity index is 1980. The number of rotatable bonds is 2. The van der Waals surface area contributed by atoms with Crippen LogP contribution in [0.25, 0.3) is 0 Å². The minimum absolute atomic E-state index is 0.182. The highest BCUT2D eigenvalue weighted by molar-refractivity contribution is 8.00. The SMILES string of the molecule is c1ccc(N2c3ccccc3Sc3c2cc2c4c3N(c3ccccc3)c3ccccc3B4c3ccccc3S2)cc1. The van der Waals surface area contributed by atoms with Gasteiger partial charge in [0.25, 0.3) is 0 Å². The molecule has 0 bridgehead atoms. The molecule has 0 saturated heterocycles. The first kappa shape index (κ1) is 23.4. The van der Waals surface area contributed by atoms with Gasteiger partial charge in [0.2, 0.25) is 6.71 Å². The van der Waals surface area contributed by atoms with E-state index in [1.165, 1.54) is 70.1 Å². The molecule has 3 heterocycles. The number of hydrogen-bond acceptors (Lipinski definition) is 4. The summed E-state index contributed by atoms with van der Waals surface area (Å²) >= 11 is 3.81. The number of hydrogen-bond donors (Lipinski definition) is 0. The second-order valence-corrected chi connectivity index (χ2v) is 12.7. The molecule has 0 radical (unpaired) electrons. The predicted molar refractivity (Wildman–Crippen MR) is 175 cm³/mol. The van der Waals surface area contributed by atoms with E-state index >= 15 is 0 Å². The van der Waals surface area contributed by atoms with Crippen LogP contribution in [-0.4, -0.2) is 6.71 Å². The molecule has 9 rings (SSSR count). The zero-order valence-corrected chi connectivity index (χ0v) is 23.7. The fourth-order valence-electron chi connectivity index (χ4n) is 6.61. The average molecular weight is 559 g/mol. The zero-order valence-electron chi connectivity index (χ0n) is 22.1. The van der Waals surface area contributed by atoms with Crippen molar-refractivity contribution in [2.24, 2.45) is 0 Å². The fraction of sp³-hybridized carbons (Fsp3) is 0. The lowest BCUT2D eigenvalue weighted by Crippen LogP contribution is -2.60. The molecule has 0 amide bonds. The summed E-state index contributed by atoms with van der Waals surface area (Å²) in [6.45, 7) is 0.182. The summed E-state index contributed by atoms with van der Waals surface area (Å²) in [4.78, 5) is 10.2. The van der Waals surface area contributed by atoms with Gasteiger partial charge in [0.15, 0.2) is 0 Å². The van der Waals surface area contributed by atoms with Gasteiger partial charge in [-0.05, 0) is 65.5 Å². The van der Waals surface area contributed by atoms with Crippen molar-refractivity contribution in [2.45, 2.75) is 19.6 Å². The molecule has 0 unspecified atom stereocenters. The Hall–Kier alpha value is -4.32. The highest BCUT2D eigenvalue weighted by atomic mass is 32.2. The molecule has 0 N–H and O–H groups in total. The third-order valence-corrected chi connectivity index (χ3v) is 10.6. The van der Waals surface area contributed by atoms with Crippen LogP contribution in [0.4, 0.5) is 34.1 Å². The van der Waals surface area contributed by atoms with Gasteiger partial charge >= 0.3 is 0 Å². The molecular formula is C36H23BN2S2. The predicted octanol–water partition coefficient (Wildman–Crippen LogP) is 8.39. The molecule has 0 aliphatic carbocycles. The Morgan fingerprint density at radius 1 is 0.439 bits per heavy atom. The number of anilines is 6. The van der Waals surface area contributed by atoms with Crippen LogP contribution in [0.2, 0.25) is 0 Å². The van der Waals surface area contributed by atoms with Crippen LogP contribution in [0, 0.1) is 0 Å². The molecule has 6 aromatic rings. The van der Waals surface area contributed by atoms with Crippen LogP contribution < -0.4 is 26.2 Å². The van der Waals surface area contributed by atoms with E-state index in [0.717, 1.165) is 0 Å². The fourth-order valence-corrected chi connectivity index (χ4v) is 8.98. The summed E-state index contributed by atoms with van der Waals surface area (Å²) in [6.07, 6.45) is 0. The molecule has 6 aromatic carbocycles. The first-order chi connectivity index (χ1) is 20.4. The van der Waals surface area contributed by atoms with Crippen LogP contribution in [0.15, 0.2) is 159 Å². The minimum atomic E-state index is 0.182. The molecule has 0 atom stereocenters. The first-order valence-electron chi connectivity index (χ1n) is 13.9. The average Bonchev–Trinajstić information content (AvgIpc) is 3.04. The van der Waals surface area contributed by atoms with Crippen LogP contribution >= 0.6 is 23.5 Å². The van der Waals surface area contributed by atoms with Gasteiger partial charge in [-0.3, -0.25) is 0 Å². The lowest BCUT2D eigenvalue weighted by Gasteiger charge is -2.44. The van der Waals surface area contributed by atoms with Crippen LogP contribution in [0.5, 0.6) is 0 Å². The summed E-state index contributed by atoms with van der Waals surface area (Å²) in [6, 6.07) is 50.9. The standard InChI is InChI=1S/C36H23BN2S2/c1-3-13-24(14-4-1)38-29-20-10-12-22-32(29)41-36-30(38)23-33-34-35(36)39(25-15-5-2-6-16-25)28-19-9-7-17-26(28)37(34)27-18-8-11-21-31(27)40-33/h1-23H. The maximum Gasteiger partial charge on any atom is 0.249 e. The molecular weight excluding hydrogens is 535 g/mol. The Morgan fingerprint density at radius 2 is 1.02 bits per heavy atom. The Morgan fingerprint density at radius 3 is 1.78 bits per heavy atom. The number of para-hydroxylation sites is 4. The van der Waals surface area contributed by atoms with Gasteiger partial charge < -0.3 is 9.80 Å². The smallest absolute Gasteiger partial charge is 0.249 e. The minimum Gasteiger partial charge on any atom is -0.310 e. The van der Waals surface area contributed by atoms with Gasteiger partial charge in [-0.25, -0.2) is 0 Å². The van der Waals surface area contributed by atoms with E-state index in [0.29, 0.717) is 0 Å². The van der Waals surface area contributed by atoms with Crippen molar-refractivity contribution in [1.82, 2.24) is 0 Å². The van der Waals surface area contributed by atoms with Gasteiger partial charge in [-0.15, -0.1) is 0 Å². The summed E-state index contributed by atoms with van der Waals surface area (Å²) in [5.41, 5.74) is 11.5. The molecule has 0 spiro atoms. The molecule has 3 aliphatic heterocycles. The normalized spacial score (nSPS) is 14.0. The monoisotopic (exact) mass is 558 g/mol. The highest BCUT2D eigenvalue weighted by Crippen LogP contribution is 2.57. The third-order valence-electron chi connectivity index (χ3n) is 8.27. The van der Waals surface area contributed by atoms with E-state index in [1.54, 1.807) is 0 Å². The van der Waals surface area contributed by atoms with E-state index in [-0.39, 0.29) is 6.71 Å². The molecule has 0 aromatic heterocycles. The van der Waals surface area contributed by atoms with Gasteiger partial charge in [-0.1, -0.05) is 114 Å². The molecule has 3 aliphatic rings. The molecule has 0 saturated carbocycles. The van der Waals surface area contributed by atoms with E-state index < -0.39 is 0 Å². The van der Waals surface area contributed by atoms with E-state index in [4.69, 9.17) is 0 Å². The maximum atomic E-state index is 2.52. The molecule has 41 heavy (non-hydrogen) atoms. The summed E-state index contributed by atoms with van der Waals surface area (Å²) in [7, 11) is 0. The second kappa shape index (κ2) is 9.10. The van der Waals surface area contributed by atoms with Crippen LogP contribution in [-0.2, 0) is 0 Å². The quantitative estimate of drug-likeness (QED) is 0.197. The molecule has 2 nitrogen and oxygen atoms in total. The van der Waals surface area contributed by atoms with Crippen molar-refractivity contribution in [3.63, 3.8) is 0 Å². The summed E-state index contributed by atoms with van der Waals surface area (Å²) in [5, 5.41) is 0. The van der Waals surface area contributed by atoms with Crippen molar-refractivity contribution in [2.75, 3.05) is 9.80 Å². The van der Waals surface area contributed by atoms with Gasteiger partial charge in [-0.2, -0.15) is 0 Å². The highest BCUT2D eigenvalue weighted by Gasteiger charge is 2.44. The summed E-state index contributed by atoms with van der Waals surface area (Å²) < 4.78 is 0. The third kappa shape index (κ3) is 3.43. The Balaban J connectivity index is 1.42. The second-order valence-electron chi connectivity index (χ2n) is 10.5. The van der Waals surface area contributed by atoms with Gasteiger partial charge in [0, 0.05) is 31.7 Å². The topological polar surface area (TPSA) is 6.48 Å². The summed E-state index contributed by atoms with van der Waals surface area (Å²) in [5.74, 6) is 0. The van der Waals surface area contributed by atoms with E-state index in [2.05, 4.69) is 149 Å². The molecule has 0 fully saturated rings. The van der Waals surface area contributed by atoms with E-state index in [1.807, 2.05) is 23.5 Å². The van der Waals surface area contributed by atoms with Crippen molar-refractivity contribution < 1.29 is 0 Å². The van der Waals surface area contributed by atoms with Crippen molar-refractivity contribution in [1.29, 1.82) is 0 Å². The zero-order chi connectivity index (χ0) is 26.9. The number of benzene rings is 6. The van der Waals surface area contributed by atoms with Crippen molar-refractivity contribution in [3.05, 3.63) is 140 Å². The van der Waals surface area contributed by atoms with E-state index in [9.17, 15) is 0 Å². The van der Waals surface area contributed by atoms with Crippen LogP contribution in [0.1, 0.15) is 0 Å². The molecule has 5 heteroatoms. The van der Waals surface area contributed by atoms with Gasteiger partial charge in [0.05, 0.1) is 22.0 Å². The Labute approximate surface area is 248 Å². The maximum absolute atomic E-state index is 2.52. The number of fused-ring (bicyclic) bond motifs is 7. The van der Waals surface area contributed by atoms with Crippen molar-refractivity contribution in [3.8, 4) is 0 Å².